The first-order valence-electron chi connectivity index (χ1n) is 5.53. The second-order valence-corrected chi connectivity index (χ2v) is 7.64. The van der Waals surface area contributed by atoms with Gasteiger partial charge < -0.3 is 4.48 Å². The van der Waals surface area contributed by atoms with E-state index in [9.17, 15) is 0 Å². The first kappa shape index (κ1) is 8.96. The summed E-state index contributed by atoms with van der Waals surface area (Å²) in [7, 11) is 4.83. The summed E-state index contributed by atoms with van der Waals surface area (Å²) in [4.78, 5) is 0. The maximum Gasteiger partial charge on any atom is 0.0819 e. The molecule has 1 nitrogen and oxygen atoms in total. The zero-order valence-electron chi connectivity index (χ0n) is 8.54. The van der Waals surface area contributed by atoms with Crippen LogP contribution in [-0.2, 0) is 0 Å². The molecule has 1 saturated heterocycles. The summed E-state index contributed by atoms with van der Waals surface area (Å²) >= 11 is 2.71. The monoisotopic (exact) mass is 292 g/mol. The van der Waals surface area contributed by atoms with E-state index in [2.05, 4.69) is 36.7 Å². The van der Waals surface area contributed by atoms with E-state index in [-0.39, 0.29) is 0 Å². The van der Waals surface area contributed by atoms with Crippen molar-refractivity contribution in [3.63, 3.8) is 0 Å². The fraction of sp³-hybridized carbons (Fsp3) is 1.00. The van der Waals surface area contributed by atoms with E-state index < -0.39 is 0 Å². The predicted octanol–water partition coefficient (Wildman–Crippen LogP) is 2.15. The molecule has 2 saturated carbocycles. The Morgan fingerprint density at radius 1 is 1.00 bits per heavy atom. The van der Waals surface area contributed by atoms with Crippen molar-refractivity contribution in [2.75, 3.05) is 27.2 Å². The first-order chi connectivity index (χ1) is 6.07. The van der Waals surface area contributed by atoms with Gasteiger partial charge in [0.05, 0.1) is 27.2 Å². The summed E-state index contributed by atoms with van der Waals surface area (Å²) < 4.78 is 2.31. The fourth-order valence-corrected chi connectivity index (χ4v) is 5.77. The number of quaternary nitrogens is 1. The highest BCUT2D eigenvalue weighted by Gasteiger charge is 2.58. The molecule has 2 aliphatic carbocycles. The van der Waals surface area contributed by atoms with Crippen molar-refractivity contribution in [1.82, 2.24) is 0 Å². The van der Waals surface area contributed by atoms with Gasteiger partial charge in [-0.05, 0) is 24.7 Å². The van der Waals surface area contributed by atoms with Crippen LogP contribution in [0.2, 0.25) is 0 Å². The Kier molecular flexibility index (Phi) is 1.81. The van der Waals surface area contributed by atoms with Crippen LogP contribution in [-0.4, -0.2) is 35.6 Å². The molecule has 3 aliphatic rings. The van der Waals surface area contributed by atoms with Crippen LogP contribution in [0.5, 0.6) is 0 Å². The Morgan fingerprint density at radius 2 is 1.69 bits per heavy atom. The summed E-state index contributed by atoms with van der Waals surface area (Å²) in [6.45, 7) is 2.93. The van der Waals surface area contributed by atoms with Crippen LogP contribution >= 0.6 is 22.6 Å². The van der Waals surface area contributed by atoms with Crippen LogP contribution in [0.1, 0.15) is 12.8 Å². The van der Waals surface area contributed by atoms with Gasteiger partial charge in [-0.2, -0.15) is 0 Å². The van der Waals surface area contributed by atoms with Crippen molar-refractivity contribution in [3.8, 4) is 0 Å². The normalized spacial score (nSPS) is 57.0. The van der Waals surface area contributed by atoms with E-state index in [1.807, 2.05) is 0 Å². The third-order valence-corrected chi connectivity index (χ3v) is 6.12. The van der Waals surface area contributed by atoms with Gasteiger partial charge in [-0.3, -0.25) is 0 Å². The summed E-state index contributed by atoms with van der Waals surface area (Å²) in [6, 6.07) is 0. The molecular formula is C11H19IN+. The molecule has 2 bridgehead atoms. The second-order valence-electron chi connectivity index (χ2n) is 6.04. The summed E-state index contributed by atoms with van der Waals surface area (Å²) in [5.74, 6) is 4.40. The number of hydrogen-bond acceptors (Lipinski definition) is 0. The molecule has 0 N–H and O–H groups in total. The Labute approximate surface area is 94.6 Å². The molecule has 5 unspecified atom stereocenters. The van der Waals surface area contributed by atoms with Gasteiger partial charge in [-0.1, -0.05) is 22.6 Å². The third kappa shape index (κ3) is 1.21. The number of fused-ring (bicyclic) bond motifs is 5. The number of nitrogens with zero attached hydrogens (tertiary/aromatic N) is 1. The van der Waals surface area contributed by atoms with Crippen LogP contribution in [0.3, 0.4) is 0 Å². The van der Waals surface area contributed by atoms with Gasteiger partial charge in [0.15, 0.2) is 0 Å². The quantitative estimate of drug-likeness (QED) is 0.365. The van der Waals surface area contributed by atoms with Crippen LogP contribution < -0.4 is 0 Å². The highest BCUT2D eigenvalue weighted by molar-refractivity contribution is 14.1. The summed E-state index contributed by atoms with van der Waals surface area (Å²) in [5.41, 5.74) is 0. The largest absolute Gasteiger partial charge is 0.328 e. The maximum atomic E-state index is 2.71. The zero-order chi connectivity index (χ0) is 9.22. The molecule has 3 rings (SSSR count). The molecule has 3 fully saturated rings. The topological polar surface area (TPSA) is 0 Å². The Balaban J connectivity index is 1.87. The van der Waals surface area contributed by atoms with E-state index in [1.165, 1.54) is 24.0 Å². The Morgan fingerprint density at radius 3 is 2.46 bits per heavy atom. The molecule has 13 heavy (non-hydrogen) atoms. The van der Waals surface area contributed by atoms with E-state index in [0.717, 1.165) is 27.6 Å². The minimum atomic E-state index is 1.02. The van der Waals surface area contributed by atoms with Crippen LogP contribution in [0.4, 0.5) is 0 Å². The number of hydrogen-bond donors (Lipinski definition) is 0. The molecule has 74 valence electrons. The van der Waals surface area contributed by atoms with Crippen molar-refractivity contribution in [2.45, 2.75) is 16.8 Å². The van der Waals surface area contributed by atoms with Crippen molar-refractivity contribution in [3.05, 3.63) is 0 Å². The van der Waals surface area contributed by atoms with Gasteiger partial charge in [0.25, 0.3) is 0 Å². The molecule has 0 aromatic carbocycles. The van der Waals surface area contributed by atoms with Gasteiger partial charge in [0.2, 0.25) is 0 Å². The number of rotatable bonds is 0. The molecule has 0 aromatic rings. The molecule has 0 aromatic heterocycles. The highest BCUT2D eigenvalue weighted by Crippen LogP contribution is 2.58. The molecule has 0 amide bonds. The van der Waals surface area contributed by atoms with Gasteiger partial charge in [0.1, 0.15) is 0 Å². The maximum absolute atomic E-state index is 2.71. The van der Waals surface area contributed by atoms with Gasteiger partial charge in [-0.25, -0.2) is 0 Å². The molecule has 1 heterocycles. The van der Waals surface area contributed by atoms with Crippen LogP contribution in [0, 0.1) is 23.7 Å². The molecular weight excluding hydrogens is 273 g/mol. The van der Waals surface area contributed by atoms with E-state index >= 15 is 0 Å². The standard InChI is InChI=1S/C11H19IN/c1-13(2)5-9-7-3-8(10(9)6-13)11(12)4-7/h7-11H,3-6H2,1-2H3/q+1. The van der Waals surface area contributed by atoms with Gasteiger partial charge in [-0.15, -0.1) is 0 Å². The summed E-state index contributed by atoms with van der Waals surface area (Å²) in [5, 5.41) is 0. The average Bonchev–Trinajstić information content (AvgIpc) is 2.56. The van der Waals surface area contributed by atoms with Gasteiger partial charge in [0, 0.05) is 15.8 Å². The van der Waals surface area contributed by atoms with Crippen molar-refractivity contribution in [2.24, 2.45) is 23.7 Å². The lowest BCUT2D eigenvalue weighted by molar-refractivity contribution is -0.881. The smallest absolute Gasteiger partial charge is 0.0819 e. The van der Waals surface area contributed by atoms with Crippen LogP contribution in [0.15, 0.2) is 0 Å². The lowest BCUT2D eigenvalue weighted by Gasteiger charge is -2.25. The van der Waals surface area contributed by atoms with Crippen molar-refractivity contribution < 1.29 is 4.48 Å². The first-order valence-corrected chi connectivity index (χ1v) is 6.77. The predicted molar refractivity (Wildman–Crippen MR) is 62.8 cm³/mol. The number of halogens is 1. The Bertz CT molecular complexity index is 238. The van der Waals surface area contributed by atoms with E-state index in [4.69, 9.17) is 0 Å². The molecule has 2 heteroatoms. The van der Waals surface area contributed by atoms with E-state index in [1.54, 1.807) is 6.42 Å². The van der Waals surface area contributed by atoms with Gasteiger partial charge >= 0.3 is 0 Å². The lowest BCUT2D eigenvalue weighted by Crippen LogP contribution is -2.38. The Hall–Kier alpha value is 0.690. The number of likely N-dealkylation sites (tertiary alicyclic amines) is 1. The van der Waals surface area contributed by atoms with E-state index in [0.29, 0.717) is 0 Å². The summed E-state index contributed by atoms with van der Waals surface area (Å²) in [6.07, 6.45) is 3.11. The number of alkyl halides is 1. The minimum absolute atomic E-state index is 1.02. The third-order valence-electron chi connectivity index (χ3n) is 4.68. The second kappa shape index (κ2) is 2.63. The minimum Gasteiger partial charge on any atom is -0.328 e. The molecule has 1 aliphatic heterocycles. The molecule has 5 atom stereocenters. The average molecular weight is 292 g/mol. The van der Waals surface area contributed by atoms with Crippen LogP contribution in [0.25, 0.3) is 0 Å². The molecule has 0 spiro atoms. The SMILES string of the molecule is C[N+]1(C)CC2C3CC(I)C(C3)C2C1. The fourth-order valence-electron chi connectivity index (χ4n) is 4.29. The molecule has 0 radical (unpaired) electrons. The highest BCUT2D eigenvalue weighted by atomic mass is 127. The lowest BCUT2D eigenvalue weighted by atomic mass is 9.82. The zero-order valence-corrected chi connectivity index (χ0v) is 10.7. The van der Waals surface area contributed by atoms with Crippen molar-refractivity contribution in [1.29, 1.82) is 0 Å². The van der Waals surface area contributed by atoms with Crippen molar-refractivity contribution >= 4 is 22.6 Å².